The number of carbonyl (C=O) groups excluding carboxylic acids is 3. The molecule has 0 aliphatic rings. The second kappa shape index (κ2) is 8.39. The zero-order valence-corrected chi connectivity index (χ0v) is 13.7. The number of methoxy groups -OCH3 is 1. The Hall–Kier alpha value is -3.49. The van der Waals surface area contributed by atoms with E-state index in [0.717, 1.165) is 0 Å². The lowest BCUT2D eigenvalue weighted by Gasteiger charge is -2.08. The van der Waals surface area contributed by atoms with Crippen LogP contribution in [0.4, 0.5) is 5.69 Å². The SMILES string of the molecule is CNC(=O)CNC(=O)c1cccc(NC(=O)c2cncc(OC)n2)c1. The van der Waals surface area contributed by atoms with E-state index in [0.29, 0.717) is 11.3 Å². The van der Waals surface area contributed by atoms with Crippen molar-refractivity contribution in [2.24, 2.45) is 0 Å². The van der Waals surface area contributed by atoms with Gasteiger partial charge < -0.3 is 20.7 Å². The van der Waals surface area contributed by atoms with Crippen molar-refractivity contribution < 1.29 is 19.1 Å². The summed E-state index contributed by atoms with van der Waals surface area (Å²) in [5.41, 5.74) is 0.787. The van der Waals surface area contributed by atoms with E-state index < -0.39 is 11.8 Å². The molecule has 2 rings (SSSR count). The number of nitrogens with zero attached hydrogens (tertiary/aromatic N) is 2. The molecule has 130 valence electrons. The van der Waals surface area contributed by atoms with Crippen molar-refractivity contribution in [1.29, 1.82) is 0 Å². The van der Waals surface area contributed by atoms with E-state index in [2.05, 4.69) is 25.9 Å². The molecule has 0 unspecified atom stereocenters. The van der Waals surface area contributed by atoms with Crippen LogP contribution in [-0.4, -0.2) is 48.4 Å². The van der Waals surface area contributed by atoms with Crippen molar-refractivity contribution in [2.75, 3.05) is 26.0 Å². The predicted molar refractivity (Wildman–Crippen MR) is 89.4 cm³/mol. The maximum absolute atomic E-state index is 12.2. The molecule has 0 atom stereocenters. The van der Waals surface area contributed by atoms with Crippen LogP contribution in [0.2, 0.25) is 0 Å². The fourth-order valence-corrected chi connectivity index (χ4v) is 1.84. The summed E-state index contributed by atoms with van der Waals surface area (Å²) in [5, 5.41) is 7.50. The van der Waals surface area contributed by atoms with E-state index in [1.54, 1.807) is 18.2 Å². The number of aromatic nitrogens is 2. The highest BCUT2D eigenvalue weighted by molar-refractivity contribution is 6.04. The highest BCUT2D eigenvalue weighted by Gasteiger charge is 2.12. The maximum Gasteiger partial charge on any atom is 0.276 e. The Morgan fingerprint density at radius 1 is 1.16 bits per heavy atom. The van der Waals surface area contributed by atoms with Crippen LogP contribution in [0.15, 0.2) is 36.7 Å². The second-order valence-corrected chi connectivity index (χ2v) is 4.84. The van der Waals surface area contributed by atoms with E-state index in [9.17, 15) is 14.4 Å². The summed E-state index contributed by atoms with van der Waals surface area (Å²) in [5.74, 6) is -1.01. The number of anilines is 1. The molecule has 0 aliphatic heterocycles. The number of nitrogens with one attached hydrogen (secondary N) is 3. The topological polar surface area (TPSA) is 122 Å². The first-order valence-corrected chi connectivity index (χ1v) is 7.29. The Bertz CT molecular complexity index is 794. The number of ether oxygens (including phenoxy) is 1. The van der Waals surface area contributed by atoms with Gasteiger partial charge in [-0.25, -0.2) is 4.98 Å². The molecule has 1 aromatic carbocycles. The van der Waals surface area contributed by atoms with Crippen molar-refractivity contribution in [3.8, 4) is 5.88 Å². The number of hydrogen-bond donors (Lipinski definition) is 3. The van der Waals surface area contributed by atoms with Crippen LogP contribution in [-0.2, 0) is 4.79 Å². The minimum absolute atomic E-state index is 0.0776. The molecule has 2 aromatic rings. The smallest absolute Gasteiger partial charge is 0.276 e. The molecule has 0 aliphatic carbocycles. The van der Waals surface area contributed by atoms with Gasteiger partial charge in [0.1, 0.15) is 0 Å². The third-order valence-corrected chi connectivity index (χ3v) is 3.13. The van der Waals surface area contributed by atoms with Crippen molar-refractivity contribution in [3.05, 3.63) is 47.9 Å². The third-order valence-electron chi connectivity index (χ3n) is 3.13. The lowest BCUT2D eigenvalue weighted by molar-refractivity contribution is -0.119. The first-order chi connectivity index (χ1) is 12.0. The molecule has 0 spiro atoms. The molecule has 0 radical (unpaired) electrons. The molecule has 0 saturated carbocycles. The lowest BCUT2D eigenvalue weighted by Crippen LogP contribution is -2.35. The Morgan fingerprint density at radius 3 is 2.68 bits per heavy atom. The van der Waals surface area contributed by atoms with Gasteiger partial charge >= 0.3 is 0 Å². The van der Waals surface area contributed by atoms with Crippen LogP contribution in [0.5, 0.6) is 5.88 Å². The van der Waals surface area contributed by atoms with Gasteiger partial charge in [0, 0.05) is 18.3 Å². The molecular formula is C16H17N5O4. The molecule has 9 heteroatoms. The average Bonchev–Trinajstić information content (AvgIpc) is 2.65. The summed E-state index contributed by atoms with van der Waals surface area (Å²) < 4.78 is 4.92. The molecule has 1 aromatic heterocycles. The minimum Gasteiger partial charge on any atom is -0.480 e. The van der Waals surface area contributed by atoms with E-state index >= 15 is 0 Å². The fraction of sp³-hybridized carbons (Fsp3) is 0.188. The molecule has 3 amide bonds. The highest BCUT2D eigenvalue weighted by Crippen LogP contribution is 2.12. The van der Waals surface area contributed by atoms with Gasteiger partial charge in [0.15, 0.2) is 5.69 Å². The molecule has 1 heterocycles. The van der Waals surface area contributed by atoms with Gasteiger partial charge in [-0.3, -0.25) is 19.4 Å². The van der Waals surface area contributed by atoms with Crippen molar-refractivity contribution in [2.45, 2.75) is 0 Å². The second-order valence-electron chi connectivity index (χ2n) is 4.84. The Balaban J connectivity index is 2.06. The van der Waals surface area contributed by atoms with Crippen LogP contribution in [0.1, 0.15) is 20.8 Å². The summed E-state index contributed by atoms with van der Waals surface area (Å²) >= 11 is 0. The highest BCUT2D eigenvalue weighted by atomic mass is 16.5. The van der Waals surface area contributed by atoms with E-state index in [4.69, 9.17) is 4.74 Å². The van der Waals surface area contributed by atoms with Crippen LogP contribution >= 0.6 is 0 Å². The first kappa shape index (κ1) is 17.9. The maximum atomic E-state index is 12.2. The standard InChI is InChI=1S/C16H17N5O4/c1-17-13(22)8-19-15(23)10-4-3-5-11(6-10)20-16(24)12-7-18-9-14(21-12)25-2/h3-7,9H,8H2,1-2H3,(H,17,22)(H,19,23)(H,20,24). The number of benzene rings is 1. The normalized spacial score (nSPS) is 9.84. The van der Waals surface area contributed by atoms with Crippen molar-refractivity contribution in [1.82, 2.24) is 20.6 Å². The van der Waals surface area contributed by atoms with Gasteiger partial charge in [0.25, 0.3) is 11.8 Å². The summed E-state index contributed by atoms with van der Waals surface area (Å²) in [6, 6.07) is 6.30. The van der Waals surface area contributed by atoms with Crippen molar-refractivity contribution >= 4 is 23.4 Å². The lowest BCUT2D eigenvalue weighted by atomic mass is 10.2. The van der Waals surface area contributed by atoms with Gasteiger partial charge in [-0.15, -0.1) is 0 Å². The van der Waals surface area contributed by atoms with E-state index in [-0.39, 0.29) is 24.0 Å². The third kappa shape index (κ3) is 4.99. The minimum atomic E-state index is -0.491. The van der Waals surface area contributed by atoms with E-state index in [1.165, 1.54) is 32.6 Å². The largest absolute Gasteiger partial charge is 0.480 e. The first-order valence-electron chi connectivity index (χ1n) is 7.29. The number of hydrogen-bond acceptors (Lipinski definition) is 6. The molecule has 0 saturated heterocycles. The van der Waals surface area contributed by atoms with Gasteiger partial charge in [-0.05, 0) is 18.2 Å². The van der Waals surface area contributed by atoms with Gasteiger partial charge in [-0.1, -0.05) is 6.07 Å². The summed E-state index contributed by atoms with van der Waals surface area (Å²) in [4.78, 5) is 43.2. The average molecular weight is 343 g/mol. The molecule has 3 N–H and O–H groups in total. The molecule has 0 bridgehead atoms. The summed E-state index contributed by atoms with van der Waals surface area (Å²) in [7, 11) is 2.90. The molecule has 0 fully saturated rings. The molecule has 25 heavy (non-hydrogen) atoms. The van der Waals surface area contributed by atoms with Crippen LogP contribution < -0.4 is 20.7 Å². The quantitative estimate of drug-likeness (QED) is 0.689. The summed E-state index contributed by atoms with van der Waals surface area (Å²) in [6.07, 6.45) is 2.69. The Kier molecular flexibility index (Phi) is 5.99. The number of amides is 3. The Morgan fingerprint density at radius 2 is 1.96 bits per heavy atom. The zero-order valence-electron chi connectivity index (χ0n) is 13.7. The zero-order chi connectivity index (χ0) is 18.2. The van der Waals surface area contributed by atoms with Crippen LogP contribution in [0.3, 0.4) is 0 Å². The number of likely N-dealkylation sites (N-methyl/N-ethyl adjacent to an activating group) is 1. The number of rotatable bonds is 6. The number of carbonyl (C=O) groups is 3. The van der Waals surface area contributed by atoms with Crippen LogP contribution in [0, 0.1) is 0 Å². The van der Waals surface area contributed by atoms with Crippen LogP contribution in [0.25, 0.3) is 0 Å². The van der Waals surface area contributed by atoms with Gasteiger partial charge in [-0.2, -0.15) is 0 Å². The molecule has 9 nitrogen and oxygen atoms in total. The van der Waals surface area contributed by atoms with Gasteiger partial charge in [0.2, 0.25) is 11.8 Å². The molecular weight excluding hydrogens is 326 g/mol. The van der Waals surface area contributed by atoms with Crippen molar-refractivity contribution in [3.63, 3.8) is 0 Å². The fourth-order valence-electron chi connectivity index (χ4n) is 1.84. The monoisotopic (exact) mass is 343 g/mol. The predicted octanol–water partition coefficient (Wildman–Crippen LogP) is 0.213. The van der Waals surface area contributed by atoms with E-state index in [1.807, 2.05) is 0 Å². The Labute approximate surface area is 143 Å². The van der Waals surface area contributed by atoms with Gasteiger partial charge in [0.05, 0.1) is 26.0 Å². The summed E-state index contributed by atoms with van der Waals surface area (Å²) in [6.45, 7) is -0.134.